The van der Waals surface area contributed by atoms with E-state index in [0.717, 1.165) is 53.8 Å². The quantitative estimate of drug-likeness (QED) is 0.299. The van der Waals surface area contributed by atoms with Crippen LogP contribution in [0.1, 0.15) is 44.6 Å². The Balaban J connectivity index is 1.36. The zero-order valence-corrected chi connectivity index (χ0v) is 23.3. The molecule has 0 unspecified atom stereocenters. The molecule has 2 fully saturated rings. The second-order valence-electron chi connectivity index (χ2n) is 11.2. The fourth-order valence-electron chi connectivity index (χ4n) is 4.98. The molecular weight excluding hydrogens is 512 g/mol. The Bertz CT molecular complexity index is 981. The fraction of sp³-hybridized carbons (Fsp3) is 0.654. The number of fused-ring (bicyclic) bond motifs is 1. The number of carbonyl (C=O) groups excluding carboxylic acids is 1. The predicted molar refractivity (Wildman–Crippen MR) is 142 cm³/mol. The molecule has 1 aromatic heterocycles. The lowest BCUT2D eigenvalue weighted by molar-refractivity contribution is -0.134. The van der Waals surface area contributed by atoms with Gasteiger partial charge >= 0.3 is 0 Å². The molecule has 34 heavy (non-hydrogen) atoms. The maximum atomic E-state index is 12.4. The summed E-state index contributed by atoms with van der Waals surface area (Å²) in [6, 6.07) is 5.87. The van der Waals surface area contributed by atoms with Crippen molar-refractivity contribution in [2.24, 2.45) is 5.92 Å². The predicted octanol–water partition coefficient (Wildman–Crippen LogP) is 5.81. The van der Waals surface area contributed by atoms with Crippen molar-refractivity contribution in [2.75, 3.05) is 26.6 Å². The van der Waals surface area contributed by atoms with Gasteiger partial charge in [-0.05, 0) is 72.1 Å². The van der Waals surface area contributed by atoms with E-state index < -0.39 is 8.07 Å². The van der Waals surface area contributed by atoms with E-state index in [-0.39, 0.29) is 11.9 Å². The minimum absolute atomic E-state index is 0.0493. The fourth-order valence-corrected chi connectivity index (χ4v) is 6.22. The molecule has 0 spiro atoms. The Morgan fingerprint density at radius 2 is 1.79 bits per heavy atom. The average molecular weight is 552 g/mol. The number of likely N-dealkylation sites (tertiary alicyclic amines) is 1. The number of aromatic nitrogens is 1. The number of aliphatic hydroxyl groups is 1. The number of amides is 1. The summed E-state index contributed by atoms with van der Waals surface area (Å²) in [5.41, 5.74) is 0. The maximum Gasteiger partial charge on any atom is 0.224 e. The molecule has 1 N–H and O–H groups in total. The summed E-state index contributed by atoms with van der Waals surface area (Å²) in [5.74, 6) is 1.43. The maximum absolute atomic E-state index is 12.4. The van der Waals surface area contributed by atoms with Gasteiger partial charge in [-0.25, -0.2) is 0 Å². The van der Waals surface area contributed by atoms with Crippen molar-refractivity contribution in [1.82, 2.24) is 9.47 Å². The van der Waals surface area contributed by atoms with E-state index in [1.807, 2.05) is 4.90 Å². The van der Waals surface area contributed by atoms with E-state index in [4.69, 9.17) is 9.47 Å². The molecule has 1 saturated carbocycles. The standard InChI is InChI=1S/C26H39BrN2O4Si/c1-34(2,3)11-10-32-18-29-23(8-9-26(29)31)17-33-25-13-21-15-28(14-20(21)12-24(25)27)22-6-4-19(16-30)5-7-22/h12-15,19,22-23,30H,4-11,16-18H2,1-3H3/t19-,22-,23-/m1/s1. The first-order chi connectivity index (χ1) is 16.2. The van der Waals surface area contributed by atoms with Gasteiger partial charge in [0.1, 0.15) is 19.1 Å². The molecule has 1 aliphatic carbocycles. The van der Waals surface area contributed by atoms with Crippen LogP contribution in [0.4, 0.5) is 0 Å². The van der Waals surface area contributed by atoms with Crippen LogP contribution in [0.5, 0.6) is 5.75 Å². The van der Waals surface area contributed by atoms with Gasteiger partial charge in [0.15, 0.2) is 0 Å². The van der Waals surface area contributed by atoms with Gasteiger partial charge in [-0.1, -0.05) is 19.6 Å². The minimum Gasteiger partial charge on any atom is -0.490 e. The highest BCUT2D eigenvalue weighted by Gasteiger charge is 2.32. The Morgan fingerprint density at radius 3 is 2.47 bits per heavy atom. The van der Waals surface area contributed by atoms with Crippen molar-refractivity contribution in [2.45, 2.75) is 76.3 Å². The zero-order valence-electron chi connectivity index (χ0n) is 20.8. The Labute approximate surface area is 212 Å². The van der Waals surface area contributed by atoms with Crippen LogP contribution in [0.2, 0.25) is 25.7 Å². The Morgan fingerprint density at radius 1 is 1.09 bits per heavy atom. The number of hydrogen-bond donors (Lipinski definition) is 1. The van der Waals surface area contributed by atoms with Gasteiger partial charge in [0, 0.05) is 56.9 Å². The van der Waals surface area contributed by atoms with Crippen molar-refractivity contribution in [3.8, 4) is 5.75 Å². The lowest BCUT2D eigenvalue weighted by Crippen LogP contribution is -2.39. The normalized spacial score (nSPS) is 23.7. The summed E-state index contributed by atoms with van der Waals surface area (Å²) in [6.07, 6.45) is 10.2. The average Bonchev–Trinajstić information content (AvgIpc) is 3.37. The first-order valence-corrected chi connectivity index (χ1v) is 17.1. The van der Waals surface area contributed by atoms with Crippen LogP contribution < -0.4 is 4.74 Å². The van der Waals surface area contributed by atoms with E-state index >= 15 is 0 Å². The number of ether oxygens (including phenoxy) is 2. The number of rotatable bonds is 10. The van der Waals surface area contributed by atoms with Crippen molar-refractivity contribution in [3.63, 3.8) is 0 Å². The number of hydrogen-bond acceptors (Lipinski definition) is 4. The SMILES string of the molecule is C[Si](C)(C)CCOCN1C(=O)CC[C@@H]1COc1cc2cn([C@H]3CC[C@H](CO)CC3)cc2cc1Br. The van der Waals surface area contributed by atoms with Crippen LogP contribution >= 0.6 is 15.9 Å². The smallest absolute Gasteiger partial charge is 0.224 e. The largest absolute Gasteiger partial charge is 0.490 e. The van der Waals surface area contributed by atoms with E-state index in [9.17, 15) is 9.90 Å². The van der Waals surface area contributed by atoms with Crippen LogP contribution in [-0.2, 0) is 9.53 Å². The summed E-state index contributed by atoms with van der Waals surface area (Å²) < 4.78 is 15.4. The summed E-state index contributed by atoms with van der Waals surface area (Å²) in [6.45, 7) is 8.85. The van der Waals surface area contributed by atoms with Crippen molar-refractivity contribution in [3.05, 3.63) is 29.0 Å². The van der Waals surface area contributed by atoms with Gasteiger partial charge in [-0.3, -0.25) is 4.79 Å². The number of nitrogens with zero attached hydrogens (tertiary/aromatic N) is 2. The van der Waals surface area contributed by atoms with Crippen molar-refractivity contribution < 1.29 is 19.4 Å². The summed E-state index contributed by atoms with van der Waals surface area (Å²) in [4.78, 5) is 14.2. The minimum atomic E-state index is -1.14. The molecule has 1 aromatic carbocycles. The highest BCUT2D eigenvalue weighted by molar-refractivity contribution is 9.10. The molecular formula is C26H39BrN2O4Si. The van der Waals surface area contributed by atoms with E-state index in [1.54, 1.807) is 0 Å². The molecule has 1 amide bonds. The number of halogens is 1. The first-order valence-electron chi connectivity index (χ1n) is 12.6. The van der Waals surface area contributed by atoms with Crippen LogP contribution in [0, 0.1) is 5.92 Å². The zero-order chi connectivity index (χ0) is 24.3. The topological polar surface area (TPSA) is 63.9 Å². The van der Waals surface area contributed by atoms with Crippen LogP contribution in [-0.4, -0.2) is 61.1 Å². The first kappa shape index (κ1) is 25.7. The third-order valence-electron chi connectivity index (χ3n) is 7.32. The van der Waals surface area contributed by atoms with E-state index in [2.05, 4.69) is 64.7 Å². The molecule has 1 atom stereocenters. The van der Waals surface area contributed by atoms with Crippen LogP contribution in [0.15, 0.2) is 29.0 Å². The van der Waals surface area contributed by atoms with Crippen LogP contribution in [0.25, 0.3) is 10.8 Å². The lowest BCUT2D eigenvalue weighted by atomic mass is 9.86. The molecule has 1 saturated heterocycles. The summed E-state index contributed by atoms with van der Waals surface area (Å²) in [7, 11) is -1.14. The van der Waals surface area contributed by atoms with Gasteiger partial charge < -0.3 is 24.0 Å². The monoisotopic (exact) mass is 550 g/mol. The third-order valence-corrected chi connectivity index (χ3v) is 9.64. The third kappa shape index (κ3) is 6.45. The van der Waals surface area contributed by atoms with Crippen LogP contribution in [0.3, 0.4) is 0 Å². The van der Waals surface area contributed by atoms with Gasteiger partial charge in [-0.15, -0.1) is 0 Å². The lowest BCUT2D eigenvalue weighted by Gasteiger charge is -2.28. The molecule has 0 bridgehead atoms. The molecule has 2 aromatic rings. The molecule has 6 nitrogen and oxygen atoms in total. The van der Waals surface area contributed by atoms with Gasteiger partial charge in [0.2, 0.25) is 5.91 Å². The number of benzene rings is 1. The summed E-state index contributed by atoms with van der Waals surface area (Å²) >= 11 is 3.68. The molecule has 4 rings (SSSR count). The van der Waals surface area contributed by atoms with Gasteiger partial charge in [-0.2, -0.15) is 0 Å². The number of aliphatic hydroxyl groups excluding tert-OH is 1. The molecule has 2 heterocycles. The Hall–Kier alpha value is -1.35. The molecule has 8 heteroatoms. The second kappa shape index (κ2) is 11.1. The number of carbonyl (C=O) groups is 1. The second-order valence-corrected chi connectivity index (χ2v) is 17.7. The van der Waals surface area contributed by atoms with Crippen molar-refractivity contribution >= 4 is 40.7 Å². The van der Waals surface area contributed by atoms with Gasteiger partial charge in [0.05, 0.1) is 10.5 Å². The molecule has 0 radical (unpaired) electrons. The highest BCUT2D eigenvalue weighted by atomic mass is 79.9. The molecule has 2 aliphatic rings. The van der Waals surface area contributed by atoms with Crippen molar-refractivity contribution in [1.29, 1.82) is 0 Å². The highest BCUT2D eigenvalue weighted by Crippen LogP contribution is 2.36. The van der Waals surface area contributed by atoms with E-state index in [1.165, 1.54) is 5.39 Å². The molecule has 1 aliphatic heterocycles. The summed E-state index contributed by atoms with van der Waals surface area (Å²) in [5, 5.41) is 11.8. The molecule has 188 valence electrons. The van der Waals surface area contributed by atoms with E-state index in [0.29, 0.717) is 44.9 Å². The van der Waals surface area contributed by atoms with Gasteiger partial charge in [0.25, 0.3) is 0 Å². The Kier molecular flexibility index (Phi) is 8.43.